The van der Waals surface area contributed by atoms with E-state index in [9.17, 15) is 5.11 Å². The standard InChI is InChI=1S/C21H20N2O/c1-2-10-19-15-9-16-20(17-11-5-3-6-12-17)23(19)22-21(24)18-13-7-4-8-14-18/h3-9,11-16H,2,10H2,1H3. The largest absolute Gasteiger partial charge is 0.854 e. The number of hydrogen-bond donors (Lipinski definition) is 0. The average molecular weight is 316 g/mol. The van der Waals surface area contributed by atoms with Gasteiger partial charge in [-0.05, 0) is 40.0 Å². The zero-order valence-corrected chi connectivity index (χ0v) is 13.7. The van der Waals surface area contributed by atoms with Gasteiger partial charge in [0, 0.05) is 24.1 Å². The summed E-state index contributed by atoms with van der Waals surface area (Å²) in [6.07, 6.45) is 1.86. The van der Waals surface area contributed by atoms with E-state index in [4.69, 9.17) is 0 Å². The van der Waals surface area contributed by atoms with Crippen LogP contribution < -0.4 is 9.78 Å². The van der Waals surface area contributed by atoms with Crippen molar-refractivity contribution in [3.8, 4) is 11.3 Å². The normalized spacial score (nSPS) is 11.5. The highest BCUT2D eigenvalue weighted by atomic mass is 16.3. The van der Waals surface area contributed by atoms with Crippen LogP contribution in [0.4, 0.5) is 0 Å². The molecule has 0 aliphatic carbocycles. The molecule has 0 fully saturated rings. The molecule has 1 heterocycles. The van der Waals surface area contributed by atoms with Gasteiger partial charge in [-0.3, -0.25) is 0 Å². The number of aromatic nitrogens is 1. The van der Waals surface area contributed by atoms with E-state index >= 15 is 0 Å². The van der Waals surface area contributed by atoms with Crippen molar-refractivity contribution in [2.75, 3.05) is 0 Å². The molecule has 3 heteroatoms. The summed E-state index contributed by atoms with van der Waals surface area (Å²) in [5, 5.41) is 17.0. The van der Waals surface area contributed by atoms with Crippen LogP contribution in [0.1, 0.15) is 24.6 Å². The van der Waals surface area contributed by atoms with Crippen LogP contribution in [0.25, 0.3) is 11.3 Å². The lowest BCUT2D eigenvalue weighted by Crippen LogP contribution is -2.39. The second-order valence-electron chi connectivity index (χ2n) is 5.60. The lowest BCUT2D eigenvalue weighted by Gasteiger charge is -2.09. The molecule has 3 rings (SSSR count). The summed E-state index contributed by atoms with van der Waals surface area (Å²) in [7, 11) is 0. The Kier molecular flexibility index (Phi) is 5.02. The first kappa shape index (κ1) is 15.9. The Morgan fingerprint density at radius 1 is 0.875 bits per heavy atom. The number of nitrogens with zero attached hydrogens (tertiary/aromatic N) is 2. The van der Waals surface area contributed by atoms with Crippen molar-refractivity contribution >= 4 is 5.90 Å². The SMILES string of the molecule is CCCc1cccc(-c2ccccc2)[n+]1/N=C(\[O-])c1ccccc1. The molecule has 0 amide bonds. The smallest absolute Gasteiger partial charge is 0.245 e. The molecule has 1 aromatic heterocycles. The lowest BCUT2D eigenvalue weighted by molar-refractivity contribution is -0.678. The minimum absolute atomic E-state index is 0.235. The summed E-state index contributed by atoms with van der Waals surface area (Å²) in [5.41, 5.74) is 3.59. The lowest BCUT2D eigenvalue weighted by atomic mass is 10.1. The molecule has 0 spiro atoms. The highest BCUT2D eigenvalue weighted by molar-refractivity contribution is 5.89. The van der Waals surface area contributed by atoms with Crippen LogP contribution in [0.2, 0.25) is 0 Å². The molecule has 0 unspecified atom stereocenters. The molecule has 3 nitrogen and oxygen atoms in total. The van der Waals surface area contributed by atoms with Crippen LogP contribution in [0.15, 0.2) is 84.0 Å². The summed E-state index contributed by atoms with van der Waals surface area (Å²) in [5.74, 6) is -0.235. The van der Waals surface area contributed by atoms with Crippen molar-refractivity contribution in [3.63, 3.8) is 0 Å². The average Bonchev–Trinajstić information content (AvgIpc) is 2.64. The monoisotopic (exact) mass is 316 g/mol. The Morgan fingerprint density at radius 2 is 1.54 bits per heavy atom. The maximum atomic E-state index is 12.6. The minimum atomic E-state index is -0.235. The second kappa shape index (κ2) is 7.55. The molecule has 3 aromatic rings. The number of aryl methyl sites for hydroxylation is 1. The van der Waals surface area contributed by atoms with Crippen molar-refractivity contribution in [1.29, 1.82) is 0 Å². The summed E-state index contributed by atoms with van der Waals surface area (Å²) in [4.78, 5) is 0. The van der Waals surface area contributed by atoms with Crippen molar-refractivity contribution in [1.82, 2.24) is 0 Å². The predicted octanol–water partition coefficient (Wildman–Crippen LogP) is 3.16. The third-order valence-electron chi connectivity index (χ3n) is 3.83. The van der Waals surface area contributed by atoms with Gasteiger partial charge in [0.1, 0.15) is 0 Å². The van der Waals surface area contributed by atoms with Gasteiger partial charge in [-0.2, -0.15) is 0 Å². The molecule has 0 aliphatic heterocycles. The van der Waals surface area contributed by atoms with Gasteiger partial charge in [0.15, 0.2) is 0 Å². The van der Waals surface area contributed by atoms with Crippen LogP contribution in [-0.2, 0) is 6.42 Å². The molecular weight excluding hydrogens is 296 g/mol. The molecule has 120 valence electrons. The van der Waals surface area contributed by atoms with E-state index in [0.29, 0.717) is 5.56 Å². The Balaban J connectivity index is 2.14. The first-order valence-corrected chi connectivity index (χ1v) is 8.20. The molecule has 0 bridgehead atoms. The van der Waals surface area contributed by atoms with Gasteiger partial charge in [0.2, 0.25) is 11.4 Å². The molecule has 2 aromatic carbocycles. The van der Waals surface area contributed by atoms with E-state index in [1.54, 1.807) is 16.8 Å². The van der Waals surface area contributed by atoms with Crippen molar-refractivity contribution in [3.05, 3.63) is 90.1 Å². The van der Waals surface area contributed by atoms with Gasteiger partial charge in [-0.15, -0.1) is 0 Å². The molecule has 0 atom stereocenters. The van der Waals surface area contributed by atoms with E-state index in [1.165, 1.54) is 0 Å². The Bertz CT molecular complexity index is 827. The summed E-state index contributed by atoms with van der Waals surface area (Å²) in [6.45, 7) is 2.12. The molecule has 0 saturated heterocycles. The van der Waals surface area contributed by atoms with Crippen LogP contribution in [-0.4, -0.2) is 5.90 Å². The summed E-state index contributed by atoms with van der Waals surface area (Å²) in [6, 6.07) is 25.2. The van der Waals surface area contributed by atoms with E-state index in [1.807, 2.05) is 66.7 Å². The Hall–Kier alpha value is -2.94. The maximum Gasteiger partial charge on any atom is 0.245 e. The quantitative estimate of drug-likeness (QED) is 0.405. The molecule has 24 heavy (non-hydrogen) atoms. The topological polar surface area (TPSA) is 39.3 Å². The van der Waals surface area contributed by atoms with E-state index in [0.717, 1.165) is 29.8 Å². The number of rotatable bonds is 5. The fraction of sp³-hybridized carbons (Fsp3) is 0.143. The number of benzene rings is 2. The van der Waals surface area contributed by atoms with Gasteiger partial charge in [-0.25, -0.2) is 0 Å². The van der Waals surface area contributed by atoms with Crippen molar-refractivity contribution in [2.24, 2.45) is 5.10 Å². The van der Waals surface area contributed by atoms with Crippen molar-refractivity contribution in [2.45, 2.75) is 19.8 Å². The number of pyridine rings is 1. The first-order valence-electron chi connectivity index (χ1n) is 8.20. The summed E-state index contributed by atoms with van der Waals surface area (Å²) >= 11 is 0. The zero-order chi connectivity index (χ0) is 16.8. The first-order chi connectivity index (χ1) is 11.8. The van der Waals surface area contributed by atoms with Gasteiger partial charge in [0.05, 0.1) is 5.90 Å². The van der Waals surface area contributed by atoms with Gasteiger partial charge in [0.25, 0.3) is 0 Å². The van der Waals surface area contributed by atoms with E-state index < -0.39 is 0 Å². The third-order valence-corrected chi connectivity index (χ3v) is 3.83. The van der Waals surface area contributed by atoms with Gasteiger partial charge < -0.3 is 5.11 Å². The molecule has 0 aliphatic rings. The van der Waals surface area contributed by atoms with Crippen LogP contribution >= 0.6 is 0 Å². The van der Waals surface area contributed by atoms with Crippen LogP contribution in [0, 0.1) is 0 Å². The summed E-state index contributed by atoms with van der Waals surface area (Å²) < 4.78 is 1.79. The van der Waals surface area contributed by atoms with Gasteiger partial charge in [-0.1, -0.05) is 55.5 Å². The highest BCUT2D eigenvalue weighted by Gasteiger charge is 2.18. The van der Waals surface area contributed by atoms with E-state index in [-0.39, 0.29) is 5.90 Å². The molecule has 0 saturated carbocycles. The van der Waals surface area contributed by atoms with Crippen LogP contribution in [0.3, 0.4) is 0 Å². The minimum Gasteiger partial charge on any atom is -0.854 e. The third kappa shape index (κ3) is 3.51. The molecule has 0 radical (unpaired) electrons. The van der Waals surface area contributed by atoms with Crippen LogP contribution in [0.5, 0.6) is 0 Å². The predicted molar refractivity (Wildman–Crippen MR) is 94.4 cm³/mol. The van der Waals surface area contributed by atoms with Gasteiger partial charge >= 0.3 is 0 Å². The second-order valence-corrected chi connectivity index (χ2v) is 5.60. The molecule has 0 N–H and O–H groups in total. The Morgan fingerprint density at radius 3 is 2.21 bits per heavy atom. The fourth-order valence-corrected chi connectivity index (χ4v) is 2.67. The van der Waals surface area contributed by atoms with E-state index in [2.05, 4.69) is 12.0 Å². The molecular formula is C21H20N2O. The zero-order valence-electron chi connectivity index (χ0n) is 13.7. The fourth-order valence-electron chi connectivity index (χ4n) is 2.67. The van der Waals surface area contributed by atoms with Crippen molar-refractivity contribution < 1.29 is 9.78 Å². The number of hydrogen-bond acceptors (Lipinski definition) is 2. The highest BCUT2D eigenvalue weighted by Crippen LogP contribution is 2.16. The Labute approximate surface area is 142 Å². The maximum absolute atomic E-state index is 12.6.